The maximum atomic E-state index is 12.6. The number of rotatable bonds is 6. The zero-order valence-electron chi connectivity index (χ0n) is 15.4. The van der Waals surface area contributed by atoms with Gasteiger partial charge in [-0.3, -0.25) is 9.69 Å². The molecule has 140 valence electrons. The molecule has 6 nitrogen and oxygen atoms in total. The van der Waals surface area contributed by atoms with Crippen molar-refractivity contribution in [2.45, 2.75) is 25.9 Å². The van der Waals surface area contributed by atoms with Crippen molar-refractivity contribution in [1.29, 1.82) is 0 Å². The van der Waals surface area contributed by atoms with E-state index in [-0.39, 0.29) is 11.9 Å². The molecule has 7 heteroatoms. The van der Waals surface area contributed by atoms with Gasteiger partial charge in [0.2, 0.25) is 5.91 Å². The van der Waals surface area contributed by atoms with E-state index in [1.54, 1.807) is 18.4 Å². The average Bonchev–Trinajstić information content (AvgIpc) is 3.10. The molecule has 2 heterocycles. The van der Waals surface area contributed by atoms with Gasteiger partial charge >= 0.3 is 0 Å². The third kappa shape index (κ3) is 4.53. The largest absolute Gasteiger partial charge is 0.496 e. The van der Waals surface area contributed by atoms with Crippen LogP contribution in [0.15, 0.2) is 35.8 Å². The fourth-order valence-corrected chi connectivity index (χ4v) is 3.93. The molecule has 1 aliphatic rings. The molecular formula is C19H26N4O2S. The topological polar surface area (TPSA) is 57.7 Å². The number of anilines is 1. The number of ether oxygens (including phenoxy) is 1. The first-order valence-electron chi connectivity index (χ1n) is 8.97. The van der Waals surface area contributed by atoms with Crippen molar-refractivity contribution in [3.8, 4) is 5.75 Å². The number of nitrogens with zero attached hydrogens (tertiary/aromatic N) is 3. The summed E-state index contributed by atoms with van der Waals surface area (Å²) in [4.78, 5) is 21.6. The van der Waals surface area contributed by atoms with Gasteiger partial charge in [-0.1, -0.05) is 18.2 Å². The van der Waals surface area contributed by atoms with E-state index in [1.165, 1.54) is 0 Å². The summed E-state index contributed by atoms with van der Waals surface area (Å²) in [6.07, 6.45) is 2.88. The third-order valence-corrected chi connectivity index (χ3v) is 5.63. The van der Waals surface area contributed by atoms with Gasteiger partial charge in [-0.15, -0.1) is 11.3 Å². The van der Waals surface area contributed by atoms with Crippen molar-refractivity contribution in [2.75, 3.05) is 38.2 Å². The number of benzene rings is 1. The Morgan fingerprint density at radius 3 is 2.92 bits per heavy atom. The fourth-order valence-electron chi connectivity index (χ4n) is 3.23. The third-order valence-electron chi connectivity index (χ3n) is 4.79. The van der Waals surface area contributed by atoms with Crippen molar-refractivity contribution in [3.05, 3.63) is 41.4 Å². The molecule has 1 fully saturated rings. The minimum atomic E-state index is -0.152. The Morgan fingerprint density at radius 2 is 2.15 bits per heavy atom. The van der Waals surface area contributed by atoms with Crippen LogP contribution in [0.1, 0.15) is 18.9 Å². The van der Waals surface area contributed by atoms with Crippen molar-refractivity contribution >= 4 is 22.4 Å². The molecule has 0 radical (unpaired) electrons. The highest BCUT2D eigenvalue weighted by Gasteiger charge is 2.24. The van der Waals surface area contributed by atoms with Gasteiger partial charge in [-0.25, -0.2) is 4.98 Å². The van der Waals surface area contributed by atoms with E-state index >= 15 is 0 Å². The van der Waals surface area contributed by atoms with Crippen molar-refractivity contribution in [3.63, 3.8) is 0 Å². The van der Waals surface area contributed by atoms with Crippen molar-refractivity contribution < 1.29 is 9.53 Å². The molecule has 1 aliphatic heterocycles. The summed E-state index contributed by atoms with van der Waals surface area (Å²) in [5.74, 6) is 0.855. The second-order valence-electron chi connectivity index (χ2n) is 6.40. The molecule has 0 aliphatic carbocycles. The summed E-state index contributed by atoms with van der Waals surface area (Å²) < 4.78 is 5.35. The Kier molecular flexibility index (Phi) is 6.46. The van der Waals surface area contributed by atoms with Crippen LogP contribution in [-0.4, -0.2) is 55.1 Å². The second-order valence-corrected chi connectivity index (χ2v) is 7.27. The number of methoxy groups -OCH3 is 1. The molecule has 26 heavy (non-hydrogen) atoms. The Morgan fingerprint density at radius 1 is 1.31 bits per heavy atom. The lowest BCUT2D eigenvalue weighted by molar-refractivity contribution is -0.126. The van der Waals surface area contributed by atoms with Crippen LogP contribution in [0.25, 0.3) is 0 Å². The van der Waals surface area contributed by atoms with Gasteiger partial charge in [0, 0.05) is 49.9 Å². The zero-order chi connectivity index (χ0) is 18.4. The van der Waals surface area contributed by atoms with Crippen LogP contribution in [0.3, 0.4) is 0 Å². The number of carbonyl (C=O) groups excluding carboxylic acids is 1. The predicted octanol–water partition coefficient (Wildman–Crippen LogP) is 2.37. The number of amides is 1. The summed E-state index contributed by atoms with van der Waals surface area (Å²) in [5.41, 5.74) is 0.987. The Labute approximate surface area is 158 Å². The Hall–Kier alpha value is -2.12. The van der Waals surface area contributed by atoms with E-state index in [1.807, 2.05) is 42.8 Å². The lowest BCUT2D eigenvalue weighted by Gasteiger charge is -2.27. The van der Waals surface area contributed by atoms with Gasteiger partial charge < -0.3 is 15.0 Å². The highest BCUT2D eigenvalue weighted by atomic mass is 32.1. The Bertz CT molecular complexity index is 707. The van der Waals surface area contributed by atoms with Gasteiger partial charge in [0.15, 0.2) is 5.13 Å². The first kappa shape index (κ1) is 18.7. The lowest BCUT2D eigenvalue weighted by Crippen LogP contribution is -2.46. The van der Waals surface area contributed by atoms with Crippen LogP contribution in [0.2, 0.25) is 0 Å². The highest BCUT2D eigenvalue weighted by Crippen LogP contribution is 2.20. The first-order chi connectivity index (χ1) is 12.7. The monoisotopic (exact) mass is 374 g/mol. The molecule has 0 spiro atoms. The summed E-state index contributed by atoms with van der Waals surface area (Å²) in [6.45, 7) is 6.13. The minimum absolute atomic E-state index is 0.0543. The summed E-state index contributed by atoms with van der Waals surface area (Å²) in [7, 11) is 1.65. The lowest BCUT2D eigenvalue weighted by atomic mass is 10.2. The number of hydrogen-bond acceptors (Lipinski definition) is 6. The molecule has 1 aromatic heterocycles. The molecule has 2 aromatic rings. The number of nitrogens with one attached hydrogen (secondary N) is 1. The standard InChI is InChI=1S/C19H26N4O2S/c1-15(18(24)21-14-16-6-3-4-7-17(16)25-2)22-9-5-10-23(12-11-22)19-20-8-13-26-19/h3-4,6-8,13,15H,5,9-12,14H2,1-2H3,(H,21,24). The van der Waals surface area contributed by atoms with Crippen LogP contribution in [0, 0.1) is 0 Å². The summed E-state index contributed by atoms with van der Waals surface area (Å²) >= 11 is 1.67. The van der Waals surface area contributed by atoms with E-state index in [0.717, 1.165) is 49.0 Å². The summed E-state index contributed by atoms with van der Waals surface area (Å²) in [5, 5.41) is 6.12. The van der Waals surface area contributed by atoms with Gasteiger partial charge in [0.05, 0.1) is 13.2 Å². The minimum Gasteiger partial charge on any atom is -0.496 e. The van der Waals surface area contributed by atoms with Gasteiger partial charge in [0.25, 0.3) is 0 Å². The molecule has 1 aromatic carbocycles. The smallest absolute Gasteiger partial charge is 0.237 e. The molecule has 1 N–H and O–H groups in total. The quantitative estimate of drug-likeness (QED) is 0.841. The van der Waals surface area contributed by atoms with E-state index < -0.39 is 0 Å². The maximum absolute atomic E-state index is 12.6. The van der Waals surface area contributed by atoms with Crippen LogP contribution in [0.4, 0.5) is 5.13 Å². The molecule has 1 saturated heterocycles. The number of thiazole rings is 1. The fraction of sp³-hybridized carbons (Fsp3) is 0.474. The first-order valence-corrected chi connectivity index (χ1v) is 9.85. The molecule has 0 bridgehead atoms. The van der Waals surface area contributed by atoms with Gasteiger partial charge in [0.1, 0.15) is 5.75 Å². The SMILES string of the molecule is COc1ccccc1CNC(=O)C(C)N1CCCN(c2nccs2)CC1. The van der Waals surface area contributed by atoms with E-state index in [4.69, 9.17) is 4.74 Å². The normalized spacial score (nSPS) is 16.8. The van der Waals surface area contributed by atoms with Crippen LogP contribution in [0.5, 0.6) is 5.75 Å². The number of hydrogen-bond donors (Lipinski definition) is 1. The molecular weight excluding hydrogens is 348 g/mol. The van der Waals surface area contributed by atoms with Crippen molar-refractivity contribution in [2.24, 2.45) is 0 Å². The van der Waals surface area contributed by atoms with Crippen LogP contribution < -0.4 is 15.0 Å². The molecule has 3 rings (SSSR count). The molecule has 1 amide bonds. The van der Waals surface area contributed by atoms with E-state index in [2.05, 4.69) is 20.1 Å². The number of aromatic nitrogens is 1. The molecule has 1 atom stereocenters. The van der Waals surface area contributed by atoms with Crippen molar-refractivity contribution in [1.82, 2.24) is 15.2 Å². The Balaban J connectivity index is 1.53. The van der Waals surface area contributed by atoms with Gasteiger partial charge in [-0.2, -0.15) is 0 Å². The number of carbonyl (C=O) groups is 1. The zero-order valence-corrected chi connectivity index (χ0v) is 16.2. The average molecular weight is 375 g/mol. The summed E-state index contributed by atoms with van der Waals surface area (Å²) in [6, 6.07) is 7.61. The molecule has 0 saturated carbocycles. The molecule has 1 unspecified atom stereocenters. The van der Waals surface area contributed by atoms with Gasteiger partial charge in [-0.05, 0) is 19.4 Å². The maximum Gasteiger partial charge on any atom is 0.237 e. The van der Waals surface area contributed by atoms with Crippen LogP contribution >= 0.6 is 11.3 Å². The number of para-hydroxylation sites is 1. The van der Waals surface area contributed by atoms with Crippen LogP contribution in [-0.2, 0) is 11.3 Å². The highest BCUT2D eigenvalue weighted by molar-refractivity contribution is 7.13. The second kappa shape index (κ2) is 9.00. The van der Waals surface area contributed by atoms with E-state index in [0.29, 0.717) is 6.54 Å². The van der Waals surface area contributed by atoms with E-state index in [9.17, 15) is 4.79 Å². The predicted molar refractivity (Wildman–Crippen MR) is 105 cm³/mol.